The molecule has 1 atom stereocenters. The lowest BCUT2D eigenvalue weighted by molar-refractivity contribution is 0.0372. The number of anilines is 1. The maximum atomic E-state index is 13.0. The van der Waals surface area contributed by atoms with E-state index in [4.69, 9.17) is 4.42 Å². The van der Waals surface area contributed by atoms with Gasteiger partial charge in [-0.25, -0.2) is 18.0 Å². The molecule has 0 spiro atoms. The first-order valence-electron chi connectivity index (χ1n) is 6.25. The van der Waals surface area contributed by atoms with Gasteiger partial charge in [0.05, 0.1) is 12.8 Å². The van der Waals surface area contributed by atoms with Crippen LogP contribution in [-0.2, 0) is 5.60 Å². The first kappa shape index (κ1) is 15.9. The molecule has 2 amide bonds. The summed E-state index contributed by atoms with van der Waals surface area (Å²) >= 11 is 0. The summed E-state index contributed by atoms with van der Waals surface area (Å²) in [6.45, 7) is 1.21. The number of hydrogen-bond donors (Lipinski definition) is 3. The molecule has 0 saturated carbocycles. The zero-order valence-electron chi connectivity index (χ0n) is 11.5. The Bertz CT molecular complexity index is 649. The van der Waals surface area contributed by atoms with E-state index in [1.807, 2.05) is 0 Å². The Labute approximate surface area is 123 Å². The largest absolute Gasteiger partial charge is 0.466 e. The highest BCUT2D eigenvalue weighted by molar-refractivity contribution is 5.89. The van der Waals surface area contributed by atoms with E-state index in [1.165, 1.54) is 19.3 Å². The second kappa shape index (κ2) is 6.10. The van der Waals surface area contributed by atoms with Crippen LogP contribution in [-0.4, -0.2) is 17.7 Å². The van der Waals surface area contributed by atoms with Crippen LogP contribution >= 0.6 is 0 Å². The van der Waals surface area contributed by atoms with Gasteiger partial charge in [0.2, 0.25) is 0 Å². The fraction of sp³-hybridized carbons (Fsp3) is 0.214. The molecule has 5 nitrogen and oxygen atoms in total. The molecule has 118 valence electrons. The standard InChI is InChI=1S/C14H13F3N2O3/c1-14(21,11-3-2-4-22-11)7-18-13(20)19-8-5-9(15)12(17)10(16)6-8/h2-6,21H,7H2,1H3,(H2,18,19,20). The number of rotatable bonds is 4. The molecule has 0 aliphatic rings. The first-order valence-corrected chi connectivity index (χ1v) is 6.25. The molecule has 0 fully saturated rings. The van der Waals surface area contributed by atoms with Gasteiger partial charge in [0, 0.05) is 17.8 Å². The summed E-state index contributed by atoms with van der Waals surface area (Å²) in [5.74, 6) is -4.21. The minimum atomic E-state index is -1.62. The summed E-state index contributed by atoms with van der Waals surface area (Å²) in [5.41, 5.74) is -1.72. The molecule has 0 bridgehead atoms. The van der Waals surface area contributed by atoms with Crippen LogP contribution in [0, 0.1) is 17.5 Å². The number of furan rings is 1. The molecule has 2 rings (SSSR count). The Hall–Kier alpha value is -2.48. The van der Waals surface area contributed by atoms with Gasteiger partial charge in [-0.15, -0.1) is 0 Å². The lowest BCUT2D eigenvalue weighted by Crippen LogP contribution is -2.40. The van der Waals surface area contributed by atoms with Crippen LogP contribution in [0.15, 0.2) is 34.9 Å². The van der Waals surface area contributed by atoms with Crippen molar-refractivity contribution in [2.24, 2.45) is 0 Å². The van der Waals surface area contributed by atoms with E-state index in [0.29, 0.717) is 12.1 Å². The second-order valence-corrected chi connectivity index (χ2v) is 4.81. The van der Waals surface area contributed by atoms with E-state index in [-0.39, 0.29) is 18.0 Å². The maximum absolute atomic E-state index is 13.0. The van der Waals surface area contributed by atoms with Crippen molar-refractivity contribution in [1.82, 2.24) is 5.32 Å². The highest BCUT2D eigenvalue weighted by Gasteiger charge is 2.26. The van der Waals surface area contributed by atoms with Crippen molar-refractivity contribution in [3.63, 3.8) is 0 Å². The molecule has 8 heteroatoms. The molecule has 2 aromatic rings. The highest BCUT2D eigenvalue weighted by Crippen LogP contribution is 2.20. The summed E-state index contributed by atoms with van der Waals surface area (Å²) in [5, 5.41) is 14.6. The maximum Gasteiger partial charge on any atom is 0.319 e. The molecular weight excluding hydrogens is 301 g/mol. The number of carbonyl (C=O) groups excluding carboxylic acids is 1. The minimum absolute atomic E-state index is 0.210. The van der Waals surface area contributed by atoms with Crippen molar-refractivity contribution in [1.29, 1.82) is 0 Å². The Morgan fingerprint density at radius 2 is 1.95 bits per heavy atom. The third kappa shape index (κ3) is 3.59. The normalized spacial score (nSPS) is 13.5. The second-order valence-electron chi connectivity index (χ2n) is 4.81. The van der Waals surface area contributed by atoms with Gasteiger partial charge < -0.3 is 20.2 Å². The zero-order valence-corrected chi connectivity index (χ0v) is 11.5. The highest BCUT2D eigenvalue weighted by atomic mass is 19.2. The fourth-order valence-corrected chi connectivity index (χ4v) is 1.73. The van der Waals surface area contributed by atoms with Crippen LogP contribution in [0.25, 0.3) is 0 Å². The van der Waals surface area contributed by atoms with E-state index >= 15 is 0 Å². The van der Waals surface area contributed by atoms with Crippen molar-refractivity contribution in [3.8, 4) is 0 Å². The zero-order chi connectivity index (χ0) is 16.3. The van der Waals surface area contributed by atoms with Crippen molar-refractivity contribution < 1.29 is 27.5 Å². The van der Waals surface area contributed by atoms with Crippen LogP contribution in [0.5, 0.6) is 0 Å². The Morgan fingerprint density at radius 3 is 2.50 bits per heavy atom. The monoisotopic (exact) mass is 314 g/mol. The van der Waals surface area contributed by atoms with Gasteiger partial charge in [0.15, 0.2) is 17.5 Å². The summed E-state index contributed by atoms with van der Waals surface area (Å²) in [4.78, 5) is 11.6. The molecule has 1 unspecified atom stereocenters. The SMILES string of the molecule is CC(O)(CNC(=O)Nc1cc(F)c(F)c(F)c1)c1ccco1. The van der Waals surface area contributed by atoms with E-state index in [1.54, 1.807) is 6.07 Å². The molecule has 0 radical (unpaired) electrons. The van der Waals surface area contributed by atoms with Crippen molar-refractivity contribution >= 4 is 11.7 Å². The van der Waals surface area contributed by atoms with Crippen LogP contribution in [0.3, 0.4) is 0 Å². The topological polar surface area (TPSA) is 74.5 Å². The third-order valence-electron chi connectivity index (χ3n) is 2.89. The van der Waals surface area contributed by atoms with E-state index in [9.17, 15) is 23.1 Å². The first-order chi connectivity index (χ1) is 10.3. The molecule has 1 aromatic heterocycles. The molecule has 0 aliphatic carbocycles. The Balaban J connectivity index is 1.96. The summed E-state index contributed by atoms with van der Waals surface area (Å²) in [6, 6.07) is 3.57. The molecule has 0 aliphatic heterocycles. The van der Waals surface area contributed by atoms with E-state index < -0.39 is 29.1 Å². The minimum Gasteiger partial charge on any atom is -0.466 e. The van der Waals surface area contributed by atoms with Crippen LogP contribution in [0.2, 0.25) is 0 Å². The van der Waals surface area contributed by atoms with Gasteiger partial charge in [-0.05, 0) is 19.1 Å². The predicted octanol–water partition coefficient (Wildman–Crippen LogP) is 2.73. The third-order valence-corrected chi connectivity index (χ3v) is 2.89. The van der Waals surface area contributed by atoms with Gasteiger partial charge in [-0.1, -0.05) is 0 Å². The van der Waals surface area contributed by atoms with Gasteiger partial charge >= 0.3 is 6.03 Å². The number of hydrogen-bond acceptors (Lipinski definition) is 3. The summed E-state index contributed by atoms with van der Waals surface area (Å²) in [6.07, 6.45) is 1.37. The summed E-state index contributed by atoms with van der Waals surface area (Å²) in [7, 11) is 0. The molecule has 0 saturated heterocycles. The van der Waals surface area contributed by atoms with Gasteiger partial charge in [0.25, 0.3) is 0 Å². The number of amides is 2. The molecule has 1 heterocycles. The van der Waals surface area contributed by atoms with Crippen molar-refractivity contribution in [3.05, 3.63) is 53.7 Å². The number of nitrogens with one attached hydrogen (secondary N) is 2. The van der Waals surface area contributed by atoms with Crippen LogP contribution in [0.4, 0.5) is 23.7 Å². The van der Waals surface area contributed by atoms with Gasteiger partial charge in [0.1, 0.15) is 11.4 Å². The van der Waals surface area contributed by atoms with E-state index in [0.717, 1.165) is 0 Å². The fourth-order valence-electron chi connectivity index (χ4n) is 1.73. The summed E-state index contributed by atoms with van der Waals surface area (Å²) < 4.78 is 43.8. The number of urea groups is 1. The average molecular weight is 314 g/mol. The van der Waals surface area contributed by atoms with Crippen LogP contribution in [0.1, 0.15) is 12.7 Å². The number of halogens is 3. The number of aliphatic hydroxyl groups is 1. The average Bonchev–Trinajstić information content (AvgIpc) is 2.97. The Kier molecular flexibility index (Phi) is 4.41. The predicted molar refractivity (Wildman–Crippen MR) is 71.6 cm³/mol. The quantitative estimate of drug-likeness (QED) is 0.760. The van der Waals surface area contributed by atoms with Crippen LogP contribution < -0.4 is 10.6 Å². The molecule has 22 heavy (non-hydrogen) atoms. The molecular formula is C14H13F3N2O3. The van der Waals surface area contributed by atoms with E-state index in [2.05, 4.69) is 10.6 Å². The number of benzene rings is 1. The van der Waals surface area contributed by atoms with Gasteiger partial charge in [-0.2, -0.15) is 0 Å². The number of carbonyl (C=O) groups is 1. The van der Waals surface area contributed by atoms with Crippen molar-refractivity contribution in [2.45, 2.75) is 12.5 Å². The lowest BCUT2D eigenvalue weighted by Gasteiger charge is -2.21. The smallest absolute Gasteiger partial charge is 0.319 e. The van der Waals surface area contributed by atoms with Gasteiger partial charge in [-0.3, -0.25) is 0 Å². The lowest BCUT2D eigenvalue weighted by atomic mass is 10.0. The van der Waals surface area contributed by atoms with Crippen molar-refractivity contribution in [2.75, 3.05) is 11.9 Å². The molecule has 3 N–H and O–H groups in total. The Morgan fingerprint density at radius 1 is 1.32 bits per heavy atom. The molecule has 1 aromatic carbocycles.